The fraction of sp³-hybridized carbons (Fsp3) is 0.692. The van der Waals surface area contributed by atoms with Crippen molar-refractivity contribution < 1.29 is 0 Å². The van der Waals surface area contributed by atoms with E-state index in [4.69, 9.17) is 0 Å². The van der Waals surface area contributed by atoms with Crippen LogP contribution in [0.5, 0.6) is 0 Å². The zero-order chi connectivity index (χ0) is 10.3. The standard InChI is InChI=1S/C13H21/c1-12(2,3)10-8-7-9-11(10)13(4,5)6/h8H,7H2,1-6H3. The second kappa shape index (κ2) is 3.01. The van der Waals surface area contributed by atoms with Gasteiger partial charge in [-0.25, -0.2) is 0 Å². The first kappa shape index (κ1) is 10.6. The number of rotatable bonds is 0. The molecule has 0 aromatic heterocycles. The van der Waals surface area contributed by atoms with Crippen LogP contribution in [0.4, 0.5) is 0 Å². The van der Waals surface area contributed by atoms with E-state index in [0.29, 0.717) is 0 Å². The van der Waals surface area contributed by atoms with Gasteiger partial charge in [-0.3, -0.25) is 0 Å². The van der Waals surface area contributed by atoms with Crippen LogP contribution in [0.3, 0.4) is 0 Å². The molecule has 0 aliphatic heterocycles. The molecule has 0 aromatic carbocycles. The van der Waals surface area contributed by atoms with Crippen LogP contribution < -0.4 is 0 Å². The molecule has 13 heavy (non-hydrogen) atoms. The molecule has 0 spiro atoms. The quantitative estimate of drug-likeness (QED) is 0.521. The van der Waals surface area contributed by atoms with Crippen LogP contribution in [0.1, 0.15) is 48.0 Å². The smallest absolute Gasteiger partial charge is 0.00853 e. The van der Waals surface area contributed by atoms with Crippen molar-refractivity contribution in [1.29, 1.82) is 0 Å². The Labute approximate surface area is 82.7 Å². The fourth-order valence-electron chi connectivity index (χ4n) is 1.80. The molecule has 0 unspecified atom stereocenters. The van der Waals surface area contributed by atoms with Crippen molar-refractivity contribution in [2.24, 2.45) is 10.8 Å². The monoisotopic (exact) mass is 177 g/mol. The summed E-state index contributed by atoms with van der Waals surface area (Å²) in [5, 5.41) is 0. The number of hydrogen-bond acceptors (Lipinski definition) is 0. The zero-order valence-corrected chi connectivity index (χ0v) is 9.78. The van der Waals surface area contributed by atoms with E-state index >= 15 is 0 Å². The van der Waals surface area contributed by atoms with E-state index in [1.54, 1.807) is 0 Å². The van der Waals surface area contributed by atoms with E-state index < -0.39 is 0 Å². The second-order valence-corrected chi connectivity index (χ2v) is 5.87. The highest BCUT2D eigenvalue weighted by Gasteiger charge is 2.29. The van der Waals surface area contributed by atoms with Crippen LogP contribution in [0.15, 0.2) is 17.2 Å². The Morgan fingerprint density at radius 3 is 1.85 bits per heavy atom. The number of hydrogen-bond donors (Lipinski definition) is 0. The normalized spacial score (nSPS) is 18.6. The molecular weight excluding hydrogens is 156 g/mol. The molecular formula is C13H21. The summed E-state index contributed by atoms with van der Waals surface area (Å²) in [5.41, 5.74) is 3.42. The maximum absolute atomic E-state index is 3.48. The van der Waals surface area contributed by atoms with Crippen molar-refractivity contribution >= 4 is 0 Å². The van der Waals surface area contributed by atoms with Crippen molar-refractivity contribution in [3.63, 3.8) is 0 Å². The van der Waals surface area contributed by atoms with Crippen molar-refractivity contribution in [1.82, 2.24) is 0 Å². The predicted molar refractivity (Wildman–Crippen MR) is 58.4 cm³/mol. The molecule has 0 amide bonds. The van der Waals surface area contributed by atoms with Crippen LogP contribution in [0, 0.1) is 16.9 Å². The van der Waals surface area contributed by atoms with Gasteiger partial charge in [-0.15, -0.1) is 0 Å². The third-order valence-corrected chi connectivity index (χ3v) is 2.41. The van der Waals surface area contributed by atoms with Gasteiger partial charge in [0.1, 0.15) is 0 Å². The van der Waals surface area contributed by atoms with Crippen LogP contribution >= 0.6 is 0 Å². The molecule has 0 heteroatoms. The molecule has 0 heterocycles. The minimum Gasteiger partial charge on any atom is -0.0761 e. The summed E-state index contributed by atoms with van der Waals surface area (Å²) in [6, 6.07) is 0. The summed E-state index contributed by atoms with van der Waals surface area (Å²) in [5.74, 6) is 0. The van der Waals surface area contributed by atoms with Crippen LogP contribution in [0.25, 0.3) is 0 Å². The predicted octanol–water partition coefficient (Wildman–Crippen LogP) is 4.14. The maximum Gasteiger partial charge on any atom is -0.00853 e. The molecule has 0 N–H and O–H groups in total. The van der Waals surface area contributed by atoms with Gasteiger partial charge in [0.25, 0.3) is 0 Å². The minimum atomic E-state index is 0.246. The lowest BCUT2D eigenvalue weighted by atomic mass is 9.74. The van der Waals surface area contributed by atoms with Crippen LogP contribution in [0.2, 0.25) is 0 Å². The maximum atomic E-state index is 3.48. The second-order valence-electron chi connectivity index (χ2n) is 5.87. The Bertz CT molecular complexity index is 223. The van der Waals surface area contributed by atoms with Gasteiger partial charge in [-0.2, -0.15) is 0 Å². The van der Waals surface area contributed by atoms with Crippen molar-refractivity contribution in [2.75, 3.05) is 0 Å². The Morgan fingerprint density at radius 1 is 1.00 bits per heavy atom. The SMILES string of the molecule is CC(C)(C)C1=[C]CC=C1C(C)(C)C. The third kappa shape index (κ3) is 2.24. The molecule has 0 aromatic rings. The van der Waals surface area contributed by atoms with Gasteiger partial charge in [-0.1, -0.05) is 47.6 Å². The topological polar surface area (TPSA) is 0 Å². The van der Waals surface area contributed by atoms with Gasteiger partial charge in [0.05, 0.1) is 0 Å². The van der Waals surface area contributed by atoms with Gasteiger partial charge >= 0.3 is 0 Å². The van der Waals surface area contributed by atoms with E-state index in [1.807, 2.05) is 0 Å². The summed E-state index contributed by atoms with van der Waals surface area (Å²) in [4.78, 5) is 0. The molecule has 1 aliphatic carbocycles. The molecule has 0 saturated carbocycles. The first-order chi connectivity index (χ1) is 5.73. The molecule has 0 nitrogen and oxygen atoms in total. The Kier molecular flexibility index (Phi) is 2.44. The van der Waals surface area contributed by atoms with E-state index in [1.165, 1.54) is 11.1 Å². The van der Waals surface area contributed by atoms with Crippen LogP contribution in [-0.4, -0.2) is 0 Å². The summed E-state index contributed by atoms with van der Waals surface area (Å²) < 4.78 is 0. The lowest BCUT2D eigenvalue weighted by molar-refractivity contribution is 0.448. The molecule has 1 radical (unpaired) electrons. The van der Waals surface area contributed by atoms with E-state index in [9.17, 15) is 0 Å². The van der Waals surface area contributed by atoms with E-state index in [-0.39, 0.29) is 10.8 Å². The summed E-state index contributed by atoms with van der Waals surface area (Å²) in [6.45, 7) is 13.6. The lowest BCUT2D eigenvalue weighted by Gasteiger charge is -2.30. The highest BCUT2D eigenvalue weighted by atomic mass is 14.3. The third-order valence-electron chi connectivity index (χ3n) is 2.41. The average Bonchev–Trinajstić information content (AvgIpc) is 2.27. The fourth-order valence-corrected chi connectivity index (χ4v) is 1.80. The van der Waals surface area contributed by atoms with Gasteiger partial charge < -0.3 is 0 Å². The van der Waals surface area contributed by atoms with Crippen molar-refractivity contribution in [2.45, 2.75) is 48.0 Å². The average molecular weight is 177 g/mol. The van der Waals surface area contributed by atoms with Crippen LogP contribution in [-0.2, 0) is 0 Å². The lowest BCUT2D eigenvalue weighted by Crippen LogP contribution is -2.18. The summed E-state index contributed by atoms with van der Waals surface area (Å²) in [6.07, 6.45) is 6.80. The Balaban J connectivity index is 2.99. The largest absolute Gasteiger partial charge is 0.0761 e. The van der Waals surface area contributed by atoms with Gasteiger partial charge in [0.15, 0.2) is 0 Å². The van der Waals surface area contributed by atoms with Gasteiger partial charge in [0, 0.05) is 0 Å². The van der Waals surface area contributed by atoms with Crippen molar-refractivity contribution in [3.8, 4) is 0 Å². The van der Waals surface area contributed by atoms with Crippen molar-refractivity contribution in [3.05, 3.63) is 23.3 Å². The Morgan fingerprint density at radius 2 is 1.54 bits per heavy atom. The molecule has 1 rings (SSSR count). The molecule has 0 fully saturated rings. The van der Waals surface area contributed by atoms with E-state index in [0.717, 1.165) is 6.42 Å². The van der Waals surface area contributed by atoms with E-state index in [2.05, 4.69) is 53.7 Å². The van der Waals surface area contributed by atoms with Gasteiger partial charge in [-0.05, 0) is 34.5 Å². The molecule has 0 bridgehead atoms. The molecule has 0 saturated heterocycles. The number of allylic oxidation sites excluding steroid dienone is 4. The Hall–Kier alpha value is -0.520. The summed E-state index contributed by atoms with van der Waals surface area (Å²) >= 11 is 0. The molecule has 1 aliphatic rings. The molecule has 0 atom stereocenters. The highest BCUT2D eigenvalue weighted by Crippen LogP contribution is 2.43. The molecule has 73 valence electrons. The highest BCUT2D eigenvalue weighted by molar-refractivity contribution is 5.41. The minimum absolute atomic E-state index is 0.246. The zero-order valence-electron chi connectivity index (χ0n) is 9.78. The van der Waals surface area contributed by atoms with Gasteiger partial charge in [0.2, 0.25) is 0 Å². The first-order valence-corrected chi connectivity index (χ1v) is 5.05. The summed E-state index contributed by atoms with van der Waals surface area (Å²) in [7, 11) is 0. The first-order valence-electron chi connectivity index (χ1n) is 5.05.